The standard InChI is InChI=1S/C20H35N7S.HI/c1-4-21-19(27-14-15-28-18(16-27)17(2)3)24-8-9-25-10-12-26(13-11-25)20-22-6-5-7-23-20;/h5-7,17-18H,4,8-16H2,1-3H3,(H,21,24);1H. The number of guanidine groups is 1. The first-order valence-corrected chi connectivity index (χ1v) is 11.6. The molecular formula is C20H36IN7S. The summed E-state index contributed by atoms with van der Waals surface area (Å²) in [7, 11) is 0. The van der Waals surface area contributed by atoms with Gasteiger partial charge in [0.2, 0.25) is 5.95 Å². The van der Waals surface area contributed by atoms with Crippen LogP contribution in [-0.2, 0) is 0 Å². The van der Waals surface area contributed by atoms with Crippen molar-refractivity contribution in [3.05, 3.63) is 18.5 Å². The zero-order chi connectivity index (χ0) is 19.8. The Kier molecular flexibility index (Phi) is 10.8. The molecule has 0 amide bonds. The van der Waals surface area contributed by atoms with Crippen LogP contribution in [0.25, 0.3) is 0 Å². The highest BCUT2D eigenvalue weighted by Gasteiger charge is 2.25. The Labute approximate surface area is 197 Å². The third kappa shape index (κ3) is 7.43. The molecule has 1 aromatic heterocycles. The summed E-state index contributed by atoms with van der Waals surface area (Å²) in [6.45, 7) is 15.8. The highest BCUT2D eigenvalue weighted by atomic mass is 127. The molecule has 0 saturated carbocycles. The minimum absolute atomic E-state index is 0. The first-order chi connectivity index (χ1) is 13.7. The molecule has 3 heterocycles. The van der Waals surface area contributed by atoms with Crippen LogP contribution in [0.4, 0.5) is 5.95 Å². The van der Waals surface area contributed by atoms with Crippen LogP contribution in [-0.4, -0.2) is 95.6 Å². The van der Waals surface area contributed by atoms with Crippen molar-refractivity contribution < 1.29 is 0 Å². The number of halogens is 1. The van der Waals surface area contributed by atoms with E-state index in [4.69, 9.17) is 4.99 Å². The summed E-state index contributed by atoms with van der Waals surface area (Å²) in [5.74, 6) is 3.83. The topological polar surface area (TPSA) is 59.9 Å². The monoisotopic (exact) mass is 533 g/mol. The van der Waals surface area contributed by atoms with Gasteiger partial charge in [0.05, 0.1) is 6.54 Å². The van der Waals surface area contributed by atoms with E-state index in [1.165, 1.54) is 5.75 Å². The maximum Gasteiger partial charge on any atom is 0.225 e. The average Bonchev–Trinajstić information content (AvgIpc) is 2.74. The summed E-state index contributed by atoms with van der Waals surface area (Å²) >= 11 is 2.11. The third-order valence-corrected chi connectivity index (χ3v) is 6.90. The van der Waals surface area contributed by atoms with Gasteiger partial charge in [-0.3, -0.25) is 9.89 Å². The van der Waals surface area contributed by atoms with Gasteiger partial charge in [0.1, 0.15) is 0 Å². The van der Waals surface area contributed by atoms with Gasteiger partial charge >= 0.3 is 0 Å². The van der Waals surface area contributed by atoms with E-state index in [2.05, 4.69) is 62.5 Å². The quantitative estimate of drug-likeness (QED) is 0.342. The van der Waals surface area contributed by atoms with E-state index < -0.39 is 0 Å². The first kappa shape index (κ1) is 24.5. The SMILES string of the molecule is CCNC(=NCCN1CCN(c2ncccn2)CC1)N1CCSC(C(C)C)C1.I. The van der Waals surface area contributed by atoms with Gasteiger partial charge in [0, 0.05) is 75.8 Å². The van der Waals surface area contributed by atoms with Crippen LogP contribution in [0.15, 0.2) is 23.5 Å². The Morgan fingerprint density at radius 1 is 1.21 bits per heavy atom. The molecule has 2 fully saturated rings. The van der Waals surface area contributed by atoms with Crippen molar-refractivity contribution in [1.29, 1.82) is 0 Å². The van der Waals surface area contributed by atoms with Crippen molar-refractivity contribution in [2.75, 3.05) is 69.6 Å². The van der Waals surface area contributed by atoms with E-state index in [1.807, 2.05) is 18.5 Å². The maximum atomic E-state index is 4.94. The van der Waals surface area contributed by atoms with Crippen LogP contribution in [0.5, 0.6) is 0 Å². The van der Waals surface area contributed by atoms with E-state index in [-0.39, 0.29) is 24.0 Å². The fourth-order valence-electron chi connectivity index (χ4n) is 3.62. The summed E-state index contributed by atoms with van der Waals surface area (Å²) in [5.41, 5.74) is 0. The second-order valence-electron chi connectivity index (χ2n) is 7.71. The first-order valence-electron chi connectivity index (χ1n) is 10.6. The molecule has 2 aliphatic rings. The smallest absolute Gasteiger partial charge is 0.225 e. The number of nitrogens with one attached hydrogen (secondary N) is 1. The number of hydrogen-bond acceptors (Lipinski definition) is 6. The number of rotatable bonds is 6. The van der Waals surface area contributed by atoms with Crippen molar-refractivity contribution in [3.63, 3.8) is 0 Å². The van der Waals surface area contributed by atoms with Crippen LogP contribution < -0.4 is 10.2 Å². The summed E-state index contributed by atoms with van der Waals surface area (Å²) in [6, 6.07) is 1.87. The van der Waals surface area contributed by atoms with E-state index in [9.17, 15) is 0 Å². The predicted molar refractivity (Wildman–Crippen MR) is 135 cm³/mol. The lowest BCUT2D eigenvalue weighted by Crippen LogP contribution is -2.50. The molecule has 164 valence electrons. The number of thioether (sulfide) groups is 1. The largest absolute Gasteiger partial charge is 0.357 e. The van der Waals surface area contributed by atoms with Gasteiger partial charge in [0.25, 0.3) is 0 Å². The molecule has 29 heavy (non-hydrogen) atoms. The Morgan fingerprint density at radius 3 is 2.59 bits per heavy atom. The maximum absolute atomic E-state index is 4.94. The zero-order valence-electron chi connectivity index (χ0n) is 18.0. The summed E-state index contributed by atoms with van der Waals surface area (Å²) < 4.78 is 0. The van der Waals surface area contributed by atoms with Gasteiger partial charge in [-0.05, 0) is 18.9 Å². The number of piperazine rings is 1. The number of hydrogen-bond donors (Lipinski definition) is 1. The van der Waals surface area contributed by atoms with Gasteiger partial charge in [0.15, 0.2) is 5.96 Å². The highest BCUT2D eigenvalue weighted by Crippen LogP contribution is 2.24. The van der Waals surface area contributed by atoms with Crippen LogP contribution in [0.2, 0.25) is 0 Å². The molecule has 2 saturated heterocycles. The molecule has 0 spiro atoms. The van der Waals surface area contributed by atoms with Crippen LogP contribution in [0, 0.1) is 5.92 Å². The molecule has 7 nitrogen and oxygen atoms in total. The van der Waals surface area contributed by atoms with Crippen LogP contribution >= 0.6 is 35.7 Å². The predicted octanol–water partition coefficient (Wildman–Crippen LogP) is 2.26. The second-order valence-corrected chi connectivity index (χ2v) is 9.06. The Hall–Kier alpha value is -0.810. The molecule has 2 aliphatic heterocycles. The normalized spacial score (nSPS) is 21.2. The molecule has 0 aliphatic carbocycles. The molecular weight excluding hydrogens is 497 g/mol. The highest BCUT2D eigenvalue weighted by molar-refractivity contribution is 14.0. The van der Waals surface area contributed by atoms with Gasteiger partial charge in [-0.25, -0.2) is 9.97 Å². The summed E-state index contributed by atoms with van der Waals surface area (Å²) in [6.07, 6.45) is 3.63. The zero-order valence-corrected chi connectivity index (χ0v) is 21.1. The van der Waals surface area contributed by atoms with E-state index in [0.717, 1.165) is 70.8 Å². The van der Waals surface area contributed by atoms with Crippen molar-refractivity contribution in [3.8, 4) is 0 Å². The van der Waals surface area contributed by atoms with Crippen molar-refractivity contribution in [2.45, 2.75) is 26.0 Å². The molecule has 1 atom stereocenters. The van der Waals surface area contributed by atoms with Gasteiger partial charge < -0.3 is 15.1 Å². The second kappa shape index (κ2) is 12.8. The number of nitrogens with zero attached hydrogens (tertiary/aromatic N) is 6. The lowest BCUT2D eigenvalue weighted by Gasteiger charge is -2.36. The lowest BCUT2D eigenvalue weighted by atomic mass is 10.1. The van der Waals surface area contributed by atoms with Crippen molar-refractivity contribution in [1.82, 2.24) is 25.1 Å². The lowest BCUT2D eigenvalue weighted by molar-refractivity contribution is 0.263. The molecule has 9 heteroatoms. The Bertz CT molecular complexity index is 608. The third-order valence-electron chi connectivity index (χ3n) is 5.36. The summed E-state index contributed by atoms with van der Waals surface area (Å²) in [5, 5.41) is 4.20. The van der Waals surface area contributed by atoms with E-state index in [0.29, 0.717) is 11.2 Å². The number of aromatic nitrogens is 2. The van der Waals surface area contributed by atoms with Gasteiger partial charge in [-0.1, -0.05) is 13.8 Å². The molecule has 1 unspecified atom stereocenters. The van der Waals surface area contributed by atoms with Gasteiger partial charge in [-0.15, -0.1) is 24.0 Å². The summed E-state index contributed by atoms with van der Waals surface area (Å²) in [4.78, 5) is 20.9. The Morgan fingerprint density at radius 2 is 1.93 bits per heavy atom. The van der Waals surface area contributed by atoms with Crippen molar-refractivity contribution in [2.24, 2.45) is 10.9 Å². The fraction of sp³-hybridized carbons (Fsp3) is 0.750. The minimum atomic E-state index is 0. The molecule has 3 rings (SSSR count). The fourth-order valence-corrected chi connectivity index (χ4v) is 4.92. The van der Waals surface area contributed by atoms with E-state index >= 15 is 0 Å². The van der Waals surface area contributed by atoms with E-state index in [1.54, 1.807) is 0 Å². The molecule has 1 aromatic rings. The molecule has 0 aromatic carbocycles. The molecule has 0 radical (unpaired) electrons. The molecule has 1 N–H and O–H groups in total. The van der Waals surface area contributed by atoms with Crippen molar-refractivity contribution >= 4 is 47.6 Å². The minimum Gasteiger partial charge on any atom is -0.357 e. The number of aliphatic imine (C=N–C) groups is 1. The average molecular weight is 534 g/mol. The van der Waals surface area contributed by atoms with Crippen LogP contribution in [0.1, 0.15) is 20.8 Å². The number of anilines is 1. The van der Waals surface area contributed by atoms with Gasteiger partial charge in [-0.2, -0.15) is 11.8 Å². The molecule has 0 bridgehead atoms. The van der Waals surface area contributed by atoms with Crippen LogP contribution in [0.3, 0.4) is 0 Å². The Balaban J connectivity index is 0.00000300.